The van der Waals surface area contributed by atoms with E-state index < -0.39 is 0 Å². The number of piperazine rings is 1. The number of nitrogens with zero attached hydrogens (tertiary/aromatic N) is 4. The smallest absolute Gasteiger partial charge is 0.272 e. The van der Waals surface area contributed by atoms with Crippen molar-refractivity contribution in [3.63, 3.8) is 0 Å². The number of halogens is 2. The van der Waals surface area contributed by atoms with Gasteiger partial charge in [0.05, 0.1) is 10.0 Å². The minimum atomic E-state index is -0.187. The minimum Gasteiger partial charge on any atom is -0.339 e. The third-order valence-electron chi connectivity index (χ3n) is 4.06. The molecule has 136 valence electrons. The molecule has 0 saturated carbocycles. The first-order valence-electron chi connectivity index (χ1n) is 8.04. The highest BCUT2D eigenvalue weighted by Crippen LogP contribution is 2.26. The molecule has 3 rings (SSSR count). The summed E-state index contributed by atoms with van der Waals surface area (Å²) in [5, 5.41) is 3.86. The number of benzene rings is 1. The molecule has 2 aromatic rings. The second-order valence-electron chi connectivity index (χ2n) is 5.82. The average molecular weight is 394 g/mol. The lowest BCUT2D eigenvalue weighted by Crippen LogP contribution is -2.50. The van der Waals surface area contributed by atoms with Crippen molar-refractivity contribution in [3.05, 3.63) is 46.2 Å². The molecule has 26 heavy (non-hydrogen) atoms. The Bertz CT molecular complexity index is 838. The summed E-state index contributed by atoms with van der Waals surface area (Å²) in [6.07, 6.45) is 1.52. The summed E-state index contributed by atoms with van der Waals surface area (Å²) in [5.74, 6) is 0.122. The van der Waals surface area contributed by atoms with Crippen molar-refractivity contribution in [1.82, 2.24) is 19.8 Å². The molecule has 0 aliphatic carbocycles. The second kappa shape index (κ2) is 7.88. The zero-order valence-electron chi connectivity index (χ0n) is 14.1. The fourth-order valence-corrected chi connectivity index (χ4v) is 2.93. The Kier molecular flexibility index (Phi) is 5.58. The molecule has 0 atom stereocenters. The van der Waals surface area contributed by atoms with Crippen LogP contribution in [0, 0.1) is 0 Å². The Balaban J connectivity index is 1.69. The number of aromatic nitrogens is 2. The molecule has 2 heterocycles. The zero-order chi connectivity index (χ0) is 18.7. The van der Waals surface area contributed by atoms with Crippen LogP contribution >= 0.6 is 23.2 Å². The average Bonchev–Trinajstić information content (AvgIpc) is 2.64. The van der Waals surface area contributed by atoms with Crippen LogP contribution in [0.25, 0.3) is 0 Å². The van der Waals surface area contributed by atoms with E-state index in [0.717, 1.165) is 0 Å². The summed E-state index contributed by atoms with van der Waals surface area (Å²) < 4.78 is 0. The summed E-state index contributed by atoms with van der Waals surface area (Å²) in [5.41, 5.74) is 0.956. The lowest BCUT2D eigenvalue weighted by Gasteiger charge is -2.34. The van der Waals surface area contributed by atoms with Crippen LogP contribution in [0.1, 0.15) is 17.4 Å². The Hall–Kier alpha value is -2.38. The van der Waals surface area contributed by atoms with Crippen molar-refractivity contribution in [2.24, 2.45) is 0 Å². The summed E-state index contributed by atoms with van der Waals surface area (Å²) in [7, 11) is 0. The monoisotopic (exact) mass is 393 g/mol. The van der Waals surface area contributed by atoms with E-state index in [0.29, 0.717) is 47.6 Å². The van der Waals surface area contributed by atoms with E-state index in [4.69, 9.17) is 23.2 Å². The van der Waals surface area contributed by atoms with Crippen molar-refractivity contribution in [1.29, 1.82) is 0 Å². The maximum atomic E-state index is 12.6. The Labute approximate surface area is 160 Å². The minimum absolute atomic E-state index is 0.0206. The van der Waals surface area contributed by atoms with Gasteiger partial charge in [0, 0.05) is 45.0 Å². The molecular weight excluding hydrogens is 377 g/mol. The number of amides is 2. The van der Waals surface area contributed by atoms with Gasteiger partial charge in [-0.15, -0.1) is 0 Å². The van der Waals surface area contributed by atoms with Gasteiger partial charge in [0.2, 0.25) is 11.9 Å². The fourth-order valence-electron chi connectivity index (χ4n) is 2.63. The maximum absolute atomic E-state index is 12.6. The summed E-state index contributed by atoms with van der Waals surface area (Å²) in [6.45, 7) is 3.56. The summed E-state index contributed by atoms with van der Waals surface area (Å²) >= 11 is 11.9. The van der Waals surface area contributed by atoms with E-state index in [-0.39, 0.29) is 17.8 Å². The number of rotatable bonds is 3. The topological polar surface area (TPSA) is 78.4 Å². The lowest BCUT2D eigenvalue weighted by atomic mass is 10.2. The molecule has 0 unspecified atom stereocenters. The van der Waals surface area contributed by atoms with E-state index in [9.17, 15) is 9.59 Å². The molecule has 0 radical (unpaired) electrons. The molecule has 1 fully saturated rings. The van der Waals surface area contributed by atoms with E-state index in [1.165, 1.54) is 13.1 Å². The number of carbonyl (C=O) groups excluding carboxylic acids is 2. The quantitative estimate of drug-likeness (QED) is 0.866. The fraction of sp³-hybridized carbons (Fsp3) is 0.294. The largest absolute Gasteiger partial charge is 0.339 e. The van der Waals surface area contributed by atoms with Crippen molar-refractivity contribution < 1.29 is 9.59 Å². The summed E-state index contributed by atoms with van der Waals surface area (Å²) in [6, 6.07) is 6.63. The standard InChI is InChI=1S/C17H17Cl2N5O2/c1-11(25)23-6-8-24(9-7-23)16(26)15-4-5-20-17(22-15)21-12-2-3-13(18)14(19)10-12/h2-5,10H,6-9H2,1H3,(H,20,21,22). The Morgan fingerprint density at radius 1 is 1.04 bits per heavy atom. The molecule has 0 spiro atoms. The number of anilines is 2. The van der Waals surface area contributed by atoms with Gasteiger partial charge in [0.15, 0.2) is 0 Å². The predicted octanol–water partition coefficient (Wildman–Crippen LogP) is 2.83. The van der Waals surface area contributed by atoms with E-state index in [2.05, 4.69) is 15.3 Å². The molecule has 1 aromatic heterocycles. The van der Waals surface area contributed by atoms with Gasteiger partial charge in [0.25, 0.3) is 5.91 Å². The van der Waals surface area contributed by atoms with Gasteiger partial charge < -0.3 is 15.1 Å². The molecule has 1 aliphatic heterocycles. The molecule has 1 aliphatic rings. The summed E-state index contributed by atoms with van der Waals surface area (Å²) in [4.78, 5) is 35.8. The first kappa shape index (κ1) is 18.4. The van der Waals surface area contributed by atoms with Crippen LogP contribution in [-0.2, 0) is 4.79 Å². The molecule has 9 heteroatoms. The molecule has 1 saturated heterocycles. The van der Waals surface area contributed by atoms with Crippen molar-refractivity contribution >= 4 is 46.7 Å². The van der Waals surface area contributed by atoms with Crippen LogP contribution in [-0.4, -0.2) is 57.8 Å². The zero-order valence-corrected chi connectivity index (χ0v) is 15.6. The molecular formula is C17H17Cl2N5O2. The second-order valence-corrected chi connectivity index (χ2v) is 6.63. The van der Waals surface area contributed by atoms with Gasteiger partial charge in [-0.3, -0.25) is 9.59 Å². The normalized spacial score (nSPS) is 14.3. The van der Waals surface area contributed by atoms with Crippen molar-refractivity contribution in [2.75, 3.05) is 31.5 Å². The highest BCUT2D eigenvalue weighted by atomic mass is 35.5. The number of nitrogens with one attached hydrogen (secondary N) is 1. The van der Waals surface area contributed by atoms with E-state index in [1.54, 1.807) is 34.1 Å². The highest BCUT2D eigenvalue weighted by Gasteiger charge is 2.24. The third-order valence-corrected chi connectivity index (χ3v) is 4.80. The van der Waals surface area contributed by atoms with Crippen LogP contribution in [0.15, 0.2) is 30.5 Å². The first-order chi connectivity index (χ1) is 12.4. The molecule has 0 bridgehead atoms. The van der Waals surface area contributed by atoms with Gasteiger partial charge >= 0.3 is 0 Å². The maximum Gasteiger partial charge on any atom is 0.272 e. The highest BCUT2D eigenvalue weighted by molar-refractivity contribution is 6.42. The van der Waals surface area contributed by atoms with Crippen LogP contribution in [0.4, 0.5) is 11.6 Å². The Morgan fingerprint density at radius 3 is 2.38 bits per heavy atom. The molecule has 1 N–H and O–H groups in total. The van der Waals surface area contributed by atoms with Gasteiger partial charge in [-0.1, -0.05) is 23.2 Å². The molecule has 7 nitrogen and oxygen atoms in total. The van der Waals surface area contributed by atoms with Crippen molar-refractivity contribution in [2.45, 2.75) is 6.92 Å². The van der Waals surface area contributed by atoms with Crippen LogP contribution in [0.2, 0.25) is 10.0 Å². The molecule has 1 aromatic carbocycles. The predicted molar refractivity (Wildman–Crippen MR) is 99.9 cm³/mol. The SMILES string of the molecule is CC(=O)N1CCN(C(=O)c2ccnc(Nc3ccc(Cl)c(Cl)c3)n2)CC1. The van der Waals surface area contributed by atoms with Crippen LogP contribution in [0.3, 0.4) is 0 Å². The van der Waals surface area contributed by atoms with Gasteiger partial charge in [-0.05, 0) is 24.3 Å². The van der Waals surface area contributed by atoms with Crippen LogP contribution < -0.4 is 5.32 Å². The lowest BCUT2D eigenvalue weighted by molar-refractivity contribution is -0.130. The van der Waals surface area contributed by atoms with Gasteiger partial charge in [-0.25, -0.2) is 9.97 Å². The third kappa shape index (κ3) is 4.23. The first-order valence-corrected chi connectivity index (χ1v) is 8.79. The molecule has 2 amide bonds. The number of hydrogen-bond donors (Lipinski definition) is 1. The Morgan fingerprint density at radius 2 is 1.73 bits per heavy atom. The number of carbonyl (C=O) groups is 2. The van der Waals surface area contributed by atoms with E-state index >= 15 is 0 Å². The van der Waals surface area contributed by atoms with Crippen molar-refractivity contribution in [3.8, 4) is 0 Å². The number of hydrogen-bond acceptors (Lipinski definition) is 5. The van der Waals surface area contributed by atoms with Gasteiger partial charge in [0.1, 0.15) is 5.69 Å². The van der Waals surface area contributed by atoms with E-state index in [1.807, 2.05) is 0 Å². The van der Waals surface area contributed by atoms with Crippen LogP contribution in [0.5, 0.6) is 0 Å². The van der Waals surface area contributed by atoms with Gasteiger partial charge in [-0.2, -0.15) is 0 Å².